The summed E-state index contributed by atoms with van der Waals surface area (Å²) in [5, 5.41) is 3.46. The number of aliphatic imine (C=N–C) groups is 1. The Morgan fingerprint density at radius 2 is 2.10 bits per heavy atom. The van der Waals surface area contributed by atoms with Crippen LogP contribution in [0.4, 0.5) is 0 Å². The predicted molar refractivity (Wildman–Crippen MR) is 115 cm³/mol. The van der Waals surface area contributed by atoms with Crippen LogP contribution >= 0.6 is 0 Å². The van der Waals surface area contributed by atoms with Crippen molar-refractivity contribution in [3.8, 4) is 0 Å². The second-order valence-corrected chi connectivity index (χ2v) is 7.80. The molecule has 2 aliphatic heterocycles. The average molecular weight is 400 g/mol. The molecule has 2 saturated heterocycles. The molecular formula is C22H33N5O2. The van der Waals surface area contributed by atoms with Crippen molar-refractivity contribution in [3.63, 3.8) is 0 Å². The van der Waals surface area contributed by atoms with Crippen molar-refractivity contribution in [1.82, 2.24) is 19.8 Å². The molecule has 7 nitrogen and oxygen atoms in total. The molecule has 0 amide bonds. The zero-order valence-electron chi connectivity index (χ0n) is 17.6. The molecule has 7 heteroatoms. The fraction of sp³-hybridized carbons (Fsp3) is 0.636. The lowest BCUT2D eigenvalue weighted by Gasteiger charge is -2.37. The molecule has 0 bridgehead atoms. The highest BCUT2D eigenvalue weighted by Crippen LogP contribution is 2.21. The van der Waals surface area contributed by atoms with Crippen molar-refractivity contribution in [2.75, 3.05) is 39.4 Å². The van der Waals surface area contributed by atoms with E-state index in [-0.39, 0.29) is 12.2 Å². The van der Waals surface area contributed by atoms with Crippen molar-refractivity contribution in [2.45, 2.75) is 51.9 Å². The third-order valence-corrected chi connectivity index (χ3v) is 5.75. The maximum atomic E-state index is 5.99. The fourth-order valence-corrected chi connectivity index (χ4v) is 4.31. The van der Waals surface area contributed by atoms with Crippen LogP contribution in [0.3, 0.4) is 0 Å². The van der Waals surface area contributed by atoms with E-state index in [0.29, 0.717) is 0 Å². The number of imidazole rings is 1. The highest BCUT2D eigenvalue weighted by atomic mass is 16.5. The third-order valence-electron chi connectivity index (χ3n) is 5.75. The summed E-state index contributed by atoms with van der Waals surface area (Å²) >= 11 is 0. The Labute approximate surface area is 173 Å². The molecule has 3 heterocycles. The van der Waals surface area contributed by atoms with Gasteiger partial charge in [-0.2, -0.15) is 0 Å². The van der Waals surface area contributed by atoms with E-state index in [0.717, 1.165) is 82.5 Å². The van der Waals surface area contributed by atoms with Crippen LogP contribution in [-0.2, 0) is 16.0 Å². The predicted octanol–water partition coefficient (Wildman–Crippen LogP) is 2.58. The zero-order chi connectivity index (χ0) is 20.1. The smallest absolute Gasteiger partial charge is 0.194 e. The monoisotopic (exact) mass is 399 g/mol. The van der Waals surface area contributed by atoms with Gasteiger partial charge in [0, 0.05) is 39.3 Å². The molecule has 1 aromatic heterocycles. The van der Waals surface area contributed by atoms with Crippen molar-refractivity contribution in [1.29, 1.82) is 0 Å². The van der Waals surface area contributed by atoms with Gasteiger partial charge in [0.15, 0.2) is 5.96 Å². The molecule has 2 atom stereocenters. The van der Waals surface area contributed by atoms with Crippen LogP contribution in [0.1, 0.15) is 32.0 Å². The van der Waals surface area contributed by atoms with Gasteiger partial charge in [0.25, 0.3) is 0 Å². The van der Waals surface area contributed by atoms with Crippen LogP contribution < -0.4 is 5.32 Å². The standard InChI is InChI=1S/C22H33N5O2/c1-3-23-22(26-13-15-29-21(16-26)20-10-6-14-28-20)24-11-7-12-27-17(2)25-18-8-4-5-9-19(18)27/h4-5,8-9,20-21H,3,6-7,10-16H2,1-2H3,(H,23,24). The summed E-state index contributed by atoms with van der Waals surface area (Å²) in [4.78, 5) is 11.9. The molecule has 1 aromatic carbocycles. The molecule has 29 heavy (non-hydrogen) atoms. The van der Waals surface area contributed by atoms with E-state index in [1.807, 2.05) is 6.07 Å². The summed E-state index contributed by atoms with van der Waals surface area (Å²) in [5.74, 6) is 2.06. The Kier molecular flexibility index (Phi) is 6.67. The lowest BCUT2D eigenvalue weighted by Crippen LogP contribution is -2.53. The van der Waals surface area contributed by atoms with Crippen LogP contribution in [-0.4, -0.2) is 72.0 Å². The number of hydrogen-bond acceptors (Lipinski definition) is 4. The number of guanidine groups is 1. The number of benzene rings is 1. The van der Waals surface area contributed by atoms with Gasteiger partial charge in [-0.25, -0.2) is 4.98 Å². The Balaban J connectivity index is 1.36. The van der Waals surface area contributed by atoms with Crippen molar-refractivity contribution in [2.24, 2.45) is 4.99 Å². The third kappa shape index (κ3) is 4.73. The lowest BCUT2D eigenvalue weighted by atomic mass is 10.1. The molecule has 0 spiro atoms. The van der Waals surface area contributed by atoms with Gasteiger partial charge in [-0.1, -0.05) is 12.1 Å². The first-order valence-electron chi connectivity index (χ1n) is 10.9. The lowest BCUT2D eigenvalue weighted by molar-refractivity contribution is -0.0817. The molecule has 2 aliphatic rings. The van der Waals surface area contributed by atoms with Gasteiger partial charge in [0.2, 0.25) is 0 Å². The van der Waals surface area contributed by atoms with E-state index in [1.165, 1.54) is 5.52 Å². The highest BCUT2D eigenvalue weighted by Gasteiger charge is 2.32. The Morgan fingerprint density at radius 1 is 1.24 bits per heavy atom. The number of rotatable bonds is 6. The first-order valence-corrected chi connectivity index (χ1v) is 10.9. The molecule has 2 unspecified atom stereocenters. The first-order chi connectivity index (χ1) is 14.3. The van der Waals surface area contributed by atoms with E-state index in [4.69, 9.17) is 14.5 Å². The van der Waals surface area contributed by atoms with E-state index in [9.17, 15) is 0 Å². The summed E-state index contributed by atoms with van der Waals surface area (Å²) in [6, 6.07) is 8.33. The zero-order valence-corrected chi connectivity index (χ0v) is 17.6. The van der Waals surface area contributed by atoms with Crippen LogP contribution in [0.2, 0.25) is 0 Å². The minimum absolute atomic E-state index is 0.148. The van der Waals surface area contributed by atoms with Crippen molar-refractivity contribution >= 4 is 17.0 Å². The molecule has 4 rings (SSSR count). The minimum Gasteiger partial charge on any atom is -0.375 e. The maximum Gasteiger partial charge on any atom is 0.194 e. The van der Waals surface area contributed by atoms with Gasteiger partial charge >= 0.3 is 0 Å². The number of hydrogen-bond donors (Lipinski definition) is 1. The summed E-state index contributed by atoms with van der Waals surface area (Å²) < 4.78 is 14.1. The number of ether oxygens (including phenoxy) is 2. The summed E-state index contributed by atoms with van der Waals surface area (Å²) in [7, 11) is 0. The number of aryl methyl sites for hydroxylation is 2. The number of nitrogens with zero attached hydrogens (tertiary/aromatic N) is 4. The van der Waals surface area contributed by atoms with Gasteiger partial charge in [0.05, 0.1) is 23.7 Å². The average Bonchev–Trinajstić information content (AvgIpc) is 3.38. The second kappa shape index (κ2) is 9.59. The molecule has 0 aliphatic carbocycles. The van der Waals surface area contributed by atoms with Crippen molar-refractivity contribution < 1.29 is 9.47 Å². The number of nitrogens with one attached hydrogen (secondary N) is 1. The summed E-state index contributed by atoms with van der Waals surface area (Å²) in [6.07, 6.45) is 3.61. The molecule has 0 saturated carbocycles. The quantitative estimate of drug-likeness (QED) is 0.460. The Bertz CT molecular complexity index is 828. The van der Waals surface area contributed by atoms with Crippen LogP contribution in [0.15, 0.2) is 29.3 Å². The first kappa shape index (κ1) is 20.2. The van der Waals surface area contributed by atoms with Crippen LogP contribution in [0, 0.1) is 6.92 Å². The molecule has 158 valence electrons. The molecule has 1 N–H and O–H groups in total. The second-order valence-electron chi connectivity index (χ2n) is 7.80. The molecule has 0 radical (unpaired) electrons. The Hall–Kier alpha value is -2.12. The number of aromatic nitrogens is 2. The number of fused-ring (bicyclic) bond motifs is 1. The van der Waals surface area contributed by atoms with Gasteiger partial charge in [-0.15, -0.1) is 0 Å². The molecule has 2 aromatic rings. The number of morpholine rings is 1. The summed E-state index contributed by atoms with van der Waals surface area (Å²) in [5.41, 5.74) is 2.27. The van der Waals surface area contributed by atoms with Gasteiger partial charge < -0.3 is 24.3 Å². The largest absolute Gasteiger partial charge is 0.375 e. The molecule has 2 fully saturated rings. The van der Waals surface area contributed by atoms with Gasteiger partial charge in [-0.3, -0.25) is 4.99 Å². The normalized spacial score (nSPS) is 23.1. The maximum absolute atomic E-state index is 5.99. The number of para-hydroxylation sites is 2. The summed E-state index contributed by atoms with van der Waals surface area (Å²) in [6.45, 7) is 10.1. The van der Waals surface area contributed by atoms with Gasteiger partial charge in [0.1, 0.15) is 11.9 Å². The van der Waals surface area contributed by atoms with E-state index < -0.39 is 0 Å². The van der Waals surface area contributed by atoms with E-state index >= 15 is 0 Å². The van der Waals surface area contributed by atoms with Crippen LogP contribution in [0.25, 0.3) is 11.0 Å². The fourth-order valence-electron chi connectivity index (χ4n) is 4.31. The Morgan fingerprint density at radius 3 is 2.93 bits per heavy atom. The molecular weight excluding hydrogens is 366 g/mol. The minimum atomic E-state index is 0.148. The van der Waals surface area contributed by atoms with Gasteiger partial charge in [-0.05, 0) is 45.2 Å². The van der Waals surface area contributed by atoms with E-state index in [1.54, 1.807) is 0 Å². The van der Waals surface area contributed by atoms with Crippen LogP contribution in [0.5, 0.6) is 0 Å². The van der Waals surface area contributed by atoms with E-state index in [2.05, 4.69) is 51.8 Å². The highest BCUT2D eigenvalue weighted by molar-refractivity contribution is 5.80. The topological polar surface area (TPSA) is 63.9 Å². The van der Waals surface area contributed by atoms with Crippen molar-refractivity contribution in [3.05, 3.63) is 30.1 Å². The SMILES string of the molecule is CCNC(=NCCCn1c(C)nc2ccccc21)N1CCOC(C2CCCO2)C1.